The molecule has 1 heterocycles. The monoisotopic (exact) mass is 471 g/mol. The molecular weight excluding hydrogens is 434 g/mol. The van der Waals surface area contributed by atoms with Crippen molar-refractivity contribution >= 4 is 29.7 Å². The topological polar surface area (TPSA) is 226 Å². The fourth-order valence-corrected chi connectivity index (χ4v) is 3.53. The molecule has 0 aromatic heterocycles. The van der Waals surface area contributed by atoms with E-state index < -0.39 is 54.5 Å². The Hall–Kier alpha value is -2.93. The molecule has 0 radical (unpaired) electrons. The number of carbonyl (C=O) groups is 4. The van der Waals surface area contributed by atoms with Crippen LogP contribution in [-0.2, 0) is 19.2 Å². The molecule has 0 spiro atoms. The first-order valence-electron chi connectivity index (χ1n) is 11.1. The number of nitrogens with zero attached hydrogens (tertiary/aromatic N) is 2. The molecule has 1 saturated heterocycles. The Bertz CT molecular complexity index is 728. The summed E-state index contributed by atoms with van der Waals surface area (Å²) >= 11 is 0. The maximum atomic E-state index is 13.1. The van der Waals surface area contributed by atoms with Crippen LogP contribution in [0.15, 0.2) is 4.99 Å². The van der Waals surface area contributed by atoms with Gasteiger partial charge >= 0.3 is 5.97 Å². The molecule has 13 nitrogen and oxygen atoms in total. The zero-order valence-electron chi connectivity index (χ0n) is 19.2. The molecule has 5 atom stereocenters. The van der Waals surface area contributed by atoms with Gasteiger partial charge in [-0.15, -0.1) is 0 Å². The lowest BCUT2D eigenvalue weighted by Gasteiger charge is -2.31. The molecule has 1 aliphatic rings. The maximum absolute atomic E-state index is 13.1. The maximum Gasteiger partial charge on any atom is 0.326 e. The number of aliphatic hydroxyl groups is 1. The second kappa shape index (κ2) is 13.6. The number of nitrogens with one attached hydrogen (secondary N) is 2. The van der Waals surface area contributed by atoms with Crippen molar-refractivity contribution in [2.24, 2.45) is 28.1 Å². The fourth-order valence-electron chi connectivity index (χ4n) is 3.53. The number of guanidine groups is 1. The summed E-state index contributed by atoms with van der Waals surface area (Å²) in [6.07, 6.45) is 2.13. The predicted octanol–water partition coefficient (Wildman–Crippen LogP) is -2.55. The van der Waals surface area contributed by atoms with E-state index in [2.05, 4.69) is 15.6 Å². The van der Waals surface area contributed by atoms with Crippen LogP contribution in [0.1, 0.15) is 46.0 Å². The highest BCUT2D eigenvalue weighted by Gasteiger charge is 2.39. The Balaban J connectivity index is 2.79. The quantitative estimate of drug-likeness (QED) is 0.0850. The van der Waals surface area contributed by atoms with Crippen LogP contribution in [0.3, 0.4) is 0 Å². The molecule has 0 aromatic rings. The molecule has 33 heavy (non-hydrogen) atoms. The molecule has 1 rings (SSSR count). The van der Waals surface area contributed by atoms with Crippen LogP contribution in [0, 0.1) is 5.92 Å². The summed E-state index contributed by atoms with van der Waals surface area (Å²) in [5.41, 5.74) is 16.3. The average molecular weight is 472 g/mol. The van der Waals surface area contributed by atoms with Crippen LogP contribution in [0.25, 0.3) is 0 Å². The van der Waals surface area contributed by atoms with E-state index in [1.807, 2.05) is 6.92 Å². The van der Waals surface area contributed by atoms with E-state index in [9.17, 15) is 29.4 Å². The van der Waals surface area contributed by atoms with E-state index in [1.54, 1.807) is 6.92 Å². The Kier molecular flexibility index (Phi) is 11.6. The lowest BCUT2D eigenvalue weighted by Crippen LogP contribution is -2.59. The van der Waals surface area contributed by atoms with Gasteiger partial charge in [-0.25, -0.2) is 4.79 Å². The lowest BCUT2D eigenvalue weighted by atomic mass is 9.97. The molecule has 0 aliphatic carbocycles. The van der Waals surface area contributed by atoms with Gasteiger partial charge in [-0.1, -0.05) is 20.3 Å². The number of amides is 3. The van der Waals surface area contributed by atoms with Crippen LogP contribution in [-0.4, -0.2) is 88.6 Å². The number of carbonyl (C=O) groups excluding carboxylic acids is 3. The van der Waals surface area contributed by atoms with Crippen LogP contribution in [0.4, 0.5) is 0 Å². The van der Waals surface area contributed by atoms with Crippen LogP contribution in [0.5, 0.6) is 0 Å². The normalized spacial score (nSPS) is 19.2. The molecule has 10 N–H and O–H groups in total. The number of carboxylic acids is 1. The smallest absolute Gasteiger partial charge is 0.326 e. The third kappa shape index (κ3) is 8.50. The van der Waals surface area contributed by atoms with Gasteiger partial charge in [-0.05, 0) is 31.6 Å². The highest BCUT2D eigenvalue weighted by molar-refractivity contribution is 5.94. The second-order valence-electron chi connectivity index (χ2n) is 8.20. The molecule has 0 bridgehead atoms. The molecule has 1 aliphatic heterocycles. The van der Waals surface area contributed by atoms with Gasteiger partial charge in [0.15, 0.2) is 5.96 Å². The Morgan fingerprint density at radius 3 is 2.39 bits per heavy atom. The molecule has 0 saturated carbocycles. The highest BCUT2D eigenvalue weighted by atomic mass is 16.4. The van der Waals surface area contributed by atoms with Gasteiger partial charge in [-0.2, -0.15) is 0 Å². The number of aliphatic imine (C=N–C) groups is 1. The first kappa shape index (κ1) is 28.1. The van der Waals surface area contributed by atoms with Crippen LogP contribution in [0.2, 0.25) is 0 Å². The lowest BCUT2D eigenvalue weighted by molar-refractivity contribution is -0.150. The Morgan fingerprint density at radius 2 is 1.85 bits per heavy atom. The zero-order chi connectivity index (χ0) is 25.1. The molecule has 1 fully saturated rings. The number of carboxylic acid groups (broad SMARTS) is 1. The molecule has 0 aromatic carbocycles. The molecular formula is C20H37N7O6. The largest absolute Gasteiger partial charge is 0.480 e. The third-order valence-electron chi connectivity index (χ3n) is 5.72. The summed E-state index contributed by atoms with van der Waals surface area (Å²) in [4.78, 5) is 54.7. The van der Waals surface area contributed by atoms with Crippen LogP contribution >= 0.6 is 0 Å². The van der Waals surface area contributed by atoms with Crippen molar-refractivity contribution in [3.05, 3.63) is 0 Å². The van der Waals surface area contributed by atoms with Gasteiger partial charge in [0, 0.05) is 13.1 Å². The van der Waals surface area contributed by atoms with Crippen molar-refractivity contribution in [2.45, 2.75) is 70.1 Å². The van der Waals surface area contributed by atoms with Gasteiger partial charge in [0.05, 0.1) is 12.6 Å². The van der Waals surface area contributed by atoms with E-state index in [-0.39, 0.29) is 24.8 Å². The SMILES string of the molecule is CCC(C)C(NC(=O)C(CO)NC(=O)C(N)CCCN=C(N)N)C(=O)N1CCCC1C(=O)O. The molecule has 13 heteroatoms. The zero-order valence-corrected chi connectivity index (χ0v) is 19.2. The molecule has 5 unspecified atom stereocenters. The predicted molar refractivity (Wildman–Crippen MR) is 121 cm³/mol. The number of nitrogens with two attached hydrogens (primary N) is 3. The summed E-state index contributed by atoms with van der Waals surface area (Å²) < 4.78 is 0. The standard InChI is InChI=1S/C20H37N7O6/c1-3-11(2)15(18(31)27-9-5-7-14(27)19(32)33)26-17(30)13(10-28)25-16(29)12(21)6-4-8-24-20(22)23/h11-15,28H,3-10,21H2,1-2H3,(H,25,29)(H,26,30)(H,32,33)(H4,22,23,24). The summed E-state index contributed by atoms with van der Waals surface area (Å²) in [7, 11) is 0. The number of aliphatic carboxylic acids is 1. The van der Waals surface area contributed by atoms with E-state index in [1.165, 1.54) is 4.90 Å². The fraction of sp³-hybridized carbons (Fsp3) is 0.750. The van der Waals surface area contributed by atoms with Gasteiger partial charge < -0.3 is 42.9 Å². The van der Waals surface area contributed by atoms with Crippen molar-refractivity contribution in [1.82, 2.24) is 15.5 Å². The Morgan fingerprint density at radius 1 is 1.18 bits per heavy atom. The van der Waals surface area contributed by atoms with Gasteiger partial charge in [0.2, 0.25) is 17.7 Å². The number of hydrogen-bond donors (Lipinski definition) is 7. The summed E-state index contributed by atoms with van der Waals surface area (Å²) in [5.74, 6) is -3.37. The Labute approximate surface area is 193 Å². The first-order chi connectivity index (χ1) is 15.5. The van der Waals surface area contributed by atoms with Gasteiger partial charge in [-0.3, -0.25) is 19.4 Å². The molecule has 188 valence electrons. The molecule has 3 amide bonds. The van der Waals surface area contributed by atoms with E-state index in [0.717, 1.165) is 0 Å². The van der Waals surface area contributed by atoms with Crippen molar-refractivity contribution in [2.75, 3.05) is 19.7 Å². The van der Waals surface area contributed by atoms with Crippen LogP contribution < -0.4 is 27.8 Å². The van der Waals surface area contributed by atoms with Crippen molar-refractivity contribution in [3.63, 3.8) is 0 Å². The number of aliphatic hydroxyl groups excluding tert-OH is 1. The second-order valence-corrected chi connectivity index (χ2v) is 8.20. The number of rotatable bonds is 13. The van der Waals surface area contributed by atoms with Crippen molar-refractivity contribution in [3.8, 4) is 0 Å². The van der Waals surface area contributed by atoms with Crippen molar-refractivity contribution in [1.29, 1.82) is 0 Å². The highest BCUT2D eigenvalue weighted by Crippen LogP contribution is 2.21. The van der Waals surface area contributed by atoms with E-state index in [0.29, 0.717) is 32.2 Å². The van der Waals surface area contributed by atoms with Gasteiger partial charge in [0.1, 0.15) is 18.1 Å². The third-order valence-corrected chi connectivity index (χ3v) is 5.72. The minimum Gasteiger partial charge on any atom is -0.480 e. The average Bonchev–Trinajstić information content (AvgIpc) is 3.27. The van der Waals surface area contributed by atoms with Crippen molar-refractivity contribution < 1.29 is 29.4 Å². The van der Waals surface area contributed by atoms with Gasteiger partial charge in [0.25, 0.3) is 0 Å². The summed E-state index contributed by atoms with van der Waals surface area (Å²) in [6, 6.07) is -4.21. The summed E-state index contributed by atoms with van der Waals surface area (Å²) in [5, 5.41) is 24.0. The first-order valence-corrected chi connectivity index (χ1v) is 11.1. The minimum absolute atomic E-state index is 0.0703. The van der Waals surface area contributed by atoms with E-state index >= 15 is 0 Å². The number of likely N-dealkylation sites (tertiary alicyclic amines) is 1. The minimum atomic E-state index is -1.32. The number of hydrogen-bond acceptors (Lipinski definition) is 7. The van der Waals surface area contributed by atoms with E-state index in [4.69, 9.17) is 17.2 Å². The summed E-state index contributed by atoms with van der Waals surface area (Å²) in [6.45, 7) is 3.46.